The lowest BCUT2D eigenvalue weighted by molar-refractivity contribution is -0.142. The number of carboxylic acids is 1. The van der Waals surface area contributed by atoms with E-state index >= 15 is 0 Å². The molecule has 0 radical (unpaired) electrons. The Hall–Kier alpha value is -2.25. The van der Waals surface area contributed by atoms with Crippen LogP contribution in [0.5, 0.6) is 0 Å². The van der Waals surface area contributed by atoms with Gasteiger partial charge < -0.3 is 20.6 Å². The molecular formula is C18H25NO6. The fourth-order valence-corrected chi connectivity index (χ4v) is 2.77. The van der Waals surface area contributed by atoms with E-state index in [2.05, 4.69) is 5.32 Å². The number of aliphatic hydroxyl groups is 2. The number of ketones is 1. The monoisotopic (exact) mass is 351 g/mol. The van der Waals surface area contributed by atoms with Crippen molar-refractivity contribution >= 4 is 17.7 Å². The van der Waals surface area contributed by atoms with Gasteiger partial charge in [-0.1, -0.05) is 19.9 Å². The van der Waals surface area contributed by atoms with Crippen molar-refractivity contribution in [1.82, 2.24) is 5.32 Å². The van der Waals surface area contributed by atoms with Crippen molar-refractivity contribution < 1.29 is 29.7 Å². The number of hydrogen-bond acceptors (Lipinski definition) is 5. The van der Waals surface area contributed by atoms with E-state index in [0.717, 1.165) is 0 Å². The summed E-state index contributed by atoms with van der Waals surface area (Å²) < 4.78 is 0. The van der Waals surface area contributed by atoms with Crippen LogP contribution in [0.25, 0.3) is 0 Å². The van der Waals surface area contributed by atoms with Gasteiger partial charge in [-0.2, -0.15) is 0 Å². The highest BCUT2D eigenvalue weighted by Gasteiger charge is 2.46. The first-order valence-electron chi connectivity index (χ1n) is 7.88. The maximum atomic E-state index is 11.8. The van der Waals surface area contributed by atoms with Crippen LogP contribution in [0.2, 0.25) is 0 Å². The minimum absolute atomic E-state index is 0.0454. The van der Waals surface area contributed by atoms with Gasteiger partial charge in [0.1, 0.15) is 5.60 Å². The van der Waals surface area contributed by atoms with E-state index in [1.54, 1.807) is 33.8 Å². The number of allylic oxidation sites excluding steroid dienone is 3. The summed E-state index contributed by atoms with van der Waals surface area (Å²) in [6, 6.07) is -1.38. The zero-order valence-electron chi connectivity index (χ0n) is 14.9. The Morgan fingerprint density at radius 1 is 1.40 bits per heavy atom. The first kappa shape index (κ1) is 20.8. The molecule has 0 fully saturated rings. The third-order valence-electron chi connectivity index (χ3n) is 4.37. The van der Waals surface area contributed by atoms with Gasteiger partial charge in [0.25, 0.3) is 0 Å². The second-order valence-electron chi connectivity index (χ2n) is 6.92. The van der Waals surface area contributed by atoms with Gasteiger partial charge in [-0.25, -0.2) is 4.79 Å². The van der Waals surface area contributed by atoms with E-state index in [9.17, 15) is 19.5 Å². The fourth-order valence-electron chi connectivity index (χ4n) is 2.77. The molecule has 0 spiro atoms. The van der Waals surface area contributed by atoms with Crippen molar-refractivity contribution in [2.45, 2.75) is 45.8 Å². The van der Waals surface area contributed by atoms with Crippen LogP contribution >= 0.6 is 0 Å². The summed E-state index contributed by atoms with van der Waals surface area (Å²) in [6.45, 7) is 6.16. The van der Waals surface area contributed by atoms with E-state index in [0.29, 0.717) is 11.1 Å². The Morgan fingerprint density at radius 3 is 2.48 bits per heavy atom. The quantitative estimate of drug-likeness (QED) is 0.413. The van der Waals surface area contributed by atoms with Gasteiger partial charge in [0.2, 0.25) is 5.91 Å². The molecule has 1 rings (SSSR count). The van der Waals surface area contributed by atoms with Gasteiger partial charge >= 0.3 is 5.97 Å². The minimum atomic E-state index is -1.38. The highest BCUT2D eigenvalue weighted by Crippen LogP contribution is 2.44. The molecular weight excluding hydrogens is 326 g/mol. The highest BCUT2D eigenvalue weighted by molar-refractivity contribution is 5.93. The lowest BCUT2D eigenvalue weighted by Gasteiger charge is -2.44. The Bertz CT molecular complexity index is 658. The predicted octanol–water partition coefficient (Wildman–Crippen LogP) is 0.727. The molecule has 0 heterocycles. The Morgan fingerprint density at radius 2 is 2.00 bits per heavy atom. The van der Waals surface area contributed by atoms with Crippen LogP contribution in [0, 0.1) is 5.41 Å². The third kappa shape index (κ3) is 4.87. The number of carbonyl (C=O) groups is 3. The first-order chi connectivity index (χ1) is 11.4. The lowest BCUT2D eigenvalue weighted by atomic mass is 9.64. The van der Waals surface area contributed by atoms with Crippen LogP contribution < -0.4 is 5.32 Å². The zero-order chi connectivity index (χ0) is 19.4. The summed E-state index contributed by atoms with van der Waals surface area (Å²) in [5, 5.41) is 30.8. The van der Waals surface area contributed by atoms with Gasteiger partial charge in [-0.3, -0.25) is 9.59 Å². The highest BCUT2D eigenvalue weighted by atomic mass is 16.4. The van der Waals surface area contributed by atoms with Crippen LogP contribution in [0.3, 0.4) is 0 Å². The molecule has 7 nitrogen and oxygen atoms in total. The number of rotatable bonds is 6. The van der Waals surface area contributed by atoms with Crippen molar-refractivity contribution in [2.24, 2.45) is 5.41 Å². The number of nitrogens with one attached hydrogen (secondary N) is 1. The van der Waals surface area contributed by atoms with Crippen molar-refractivity contribution in [2.75, 3.05) is 6.61 Å². The fraction of sp³-hybridized carbons (Fsp3) is 0.500. The summed E-state index contributed by atoms with van der Waals surface area (Å²) in [5.74, 6) is -2.04. The Balaban J connectivity index is 2.96. The molecule has 138 valence electrons. The molecule has 1 aliphatic carbocycles. The van der Waals surface area contributed by atoms with Crippen molar-refractivity contribution in [3.8, 4) is 0 Å². The van der Waals surface area contributed by atoms with Gasteiger partial charge in [-0.15, -0.1) is 0 Å². The van der Waals surface area contributed by atoms with Gasteiger partial charge in [0.15, 0.2) is 11.8 Å². The maximum Gasteiger partial charge on any atom is 0.328 e. The topological polar surface area (TPSA) is 124 Å². The van der Waals surface area contributed by atoms with Crippen molar-refractivity contribution in [3.05, 3.63) is 35.5 Å². The maximum absolute atomic E-state index is 11.8. The molecule has 0 aromatic heterocycles. The molecule has 0 aromatic rings. The summed E-state index contributed by atoms with van der Waals surface area (Å²) in [7, 11) is 0. The molecule has 1 aliphatic rings. The van der Waals surface area contributed by atoms with Gasteiger partial charge in [-0.05, 0) is 37.1 Å². The SMILES string of the molecule is CC1=CC(=O)CC(C)(C)[C@@]1(O)/C=C/C(C)=C/C(=O)N[C@@H](CO)C(=O)O. The van der Waals surface area contributed by atoms with Crippen molar-refractivity contribution in [3.63, 3.8) is 0 Å². The Kier molecular flexibility index (Phi) is 6.45. The molecule has 25 heavy (non-hydrogen) atoms. The molecule has 0 unspecified atom stereocenters. The lowest BCUT2D eigenvalue weighted by Crippen LogP contribution is -2.48. The number of carbonyl (C=O) groups excluding carboxylic acids is 2. The molecule has 0 aliphatic heterocycles. The second kappa shape index (κ2) is 7.76. The standard InChI is InChI=1S/C18H25NO6/c1-11(7-15(22)19-14(10-20)16(23)24)5-6-18(25)12(2)8-13(21)9-17(18,3)4/h5-8,14,20,25H,9-10H2,1-4H3,(H,19,22)(H,23,24)/b6-5+,11-7+/t14-,18+/m0/s1. The molecule has 0 saturated carbocycles. The summed E-state index contributed by atoms with van der Waals surface area (Å²) >= 11 is 0. The van der Waals surface area contributed by atoms with Crippen LogP contribution in [0.15, 0.2) is 35.5 Å². The molecule has 0 aromatic carbocycles. The van der Waals surface area contributed by atoms with E-state index in [-0.39, 0.29) is 12.2 Å². The minimum Gasteiger partial charge on any atom is -0.480 e. The van der Waals surface area contributed by atoms with Crippen LogP contribution in [0.4, 0.5) is 0 Å². The number of aliphatic hydroxyl groups excluding tert-OH is 1. The average molecular weight is 351 g/mol. The first-order valence-corrected chi connectivity index (χ1v) is 7.88. The third-order valence-corrected chi connectivity index (χ3v) is 4.37. The van der Waals surface area contributed by atoms with Gasteiger partial charge in [0, 0.05) is 17.9 Å². The van der Waals surface area contributed by atoms with E-state index in [1.165, 1.54) is 18.2 Å². The molecule has 7 heteroatoms. The Labute approximate surface area is 146 Å². The smallest absolute Gasteiger partial charge is 0.328 e. The van der Waals surface area contributed by atoms with E-state index in [4.69, 9.17) is 10.2 Å². The number of amides is 1. The molecule has 1 amide bonds. The van der Waals surface area contributed by atoms with E-state index < -0.39 is 35.5 Å². The van der Waals surface area contributed by atoms with Crippen LogP contribution in [0.1, 0.15) is 34.1 Å². The summed E-state index contributed by atoms with van der Waals surface area (Å²) in [5.41, 5.74) is -1.03. The van der Waals surface area contributed by atoms with Crippen molar-refractivity contribution in [1.29, 1.82) is 0 Å². The van der Waals surface area contributed by atoms with Gasteiger partial charge in [0.05, 0.1) is 6.61 Å². The molecule has 4 N–H and O–H groups in total. The summed E-state index contributed by atoms with van der Waals surface area (Å²) in [6.07, 6.45) is 5.87. The number of hydrogen-bond donors (Lipinski definition) is 4. The van der Waals surface area contributed by atoms with Crippen LogP contribution in [-0.4, -0.2) is 51.2 Å². The van der Waals surface area contributed by atoms with Crippen LogP contribution in [-0.2, 0) is 14.4 Å². The second-order valence-corrected chi connectivity index (χ2v) is 6.92. The number of aliphatic carboxylic acids is 1. The zero-order valence-corrected chi connectivity index (χ0v) is 14.9. The molecule has 0 saturated heterocycles. The molecule has 2 atom stereocenters. The largest absolute Gasteiger partial charge is 0.480 e. The normalized spacial score (nSPS) is 24.8. The predicted molar refractivity (Wildman–Crippen MR) is 91.7 cm³/mol. The summed E-state index contributed by atoms with van der Waals surface area (Å²) in [4.78, 5) is 34.3. The average Bonchev–Trinajstić information content (AvgIpc) is 2.47. The number of carboxylic acid groups (broad SMARTS) is 1. The molecule has 0 bridgehead atoms. The van der Waals surface area contributed by atoms with E-state index in [1.807, 2.05) is 0 Å².